The fraction of sp³-hybridized carbons (Fsp3) is 0.565. The van der Waals surface area contributed by atoms with Gasteiger partial charge in [-0.15, -0.1) is 0 Å². The second-order valence-electron chi connectivity index (χ2n) is 8.32. The van der Waals surface area contributed by atoms with Crippen LogP contribution in [0.15, 0.2) is 29.3 Å². The molecule has 1 saturated heterocycles. The van der Waals surface area contributed by atoms with Gasteiger partial charge in [-0.3, -0.25) is 9.67 Å². The first-order valence-electron chi connectivity index (χ1n) is 10.7. The van der Waals surface area contributed by atoms with Crippen molar-refractivity contribution in [3.05, 3.63) is 51.8 Å². The topological polar surface area (TPSA) is 63.5 Å². The van der Waals surface area contributed by atoms with E-state index in [9.17, 15) is 0 Å². The molecule has 1 aromatic carbocycles. The smallest absolute Gasteiger partial charge is 0.191 e. The second kappa shape index (κ2) is 9.84. The zero-order valence-corrected chi connectivity index (χ0v) is 19.5. The molecule has 1 aliphatic heterocycles. The molecule has 1 aromatic heterocycles. The van der Waals surface area contributed by atoms with Gasteiger partial charge < -0.3 is 15.4 Å². The number of benzene rings is 1. The number of rotatable bonds is 6. The summed E-state index contributed by atoms with van der Waals surface area (Å²) >= 11 is 6.58. The van der Waals surface area contributed by atoms with Gasteiger partial charge in [-0.2, -0.15) is 5.10 Å². The number of ether oxygens (including phenoxy) is 1. The maximum atomic E-state index is 6.58. The number of nitrogens with zero attached hydrogens (tertiary/aromatic N) is 3. The summed E-state index contributed by atoms with van der Waals surface area (Å²) in [5.74, 6) is 0.805. The highest BCUT2D eigenvalue weighted by molar-refractivity contribution is 6.31. The van der Waals surface area contributed by atoms with Gasteiger partial charge in [0, 0.05) is 56.0 Å². The number of aliphatic imine (C=N–C) groups is 1. The number of nitrogens with one attached hydrogen (secondary N) is 2. The van der Waals surface area contributed by atoms with E-state index in [1.807, 2.05) is 30.9 Å². The average Bonchev–Trinajstić information content (AvgIpc) is 2.98. The number of guanidine groups is 1. The first kappa shape index (κ1) is 22.6. The van der Waals surface area contributed by atoms with Gasteiger partial charge in [0.05, 0.1) is 5.69 Å². The van der Waals surface area contributed by atoms with E-state index < -0.39 is 0 Å². The second-order valence-corrected chi connectivity index (χ2v) is 8.73. The Morgan fingerprint density at radius 3 is 2.60 bits per heavy atom. The summed E-state index contributed by atoms with van der Waals surface area (Å²) in [5, 5.41) is 12.4. The van der Waals surface area contributed by atoms with Gasteiger partial charge >= 0.3 is 0 Å². The molecule has 1 atom stereocenters. The Balaban J connectivity index is 1.68. The lowest BCUT2D eigenvalue weighted by Gasteiger charge is -2.39. The minimum atomic E-state index is -0.0615. The number of hydrogen-bond donors (Lipinski definition) is 2. The van der Waals surface area contributed by atoms with Crippen molar-refractivity contribution in [3.63, 3.8) is 0 Å². The number of halogens is 1. The lowest BCUT2D eigenvalue weighted by molar-refractivity contribution is 0.0514. The van der Waals surface area contributed by atoms with E-state index in [0.29, 0.717) is 0 Å². The Bertz CT molecular complexity index is 886. The van der Waals surface area contributed by atoms with Crippen molar-refractivity contribution in [2.24, 2.45) is 12.0 Å². The minimum absolute atomic E-state index is 0.0615. The zero-order valence-electron chi connectivity index (χ0n) is 18.8. The van der Waals surface area contributed by atoms with Crippen LogP contribution in [0.3, 0.4) is 0 Å². The van der Waals surface area contributed by atoms with E-state index >= 15 is 0 Å². The largest absolute Gasteiger partial charge is 0.381 e. The molecule has 30 heavy (non-hydrogen) atoms. The van der Waals surface area contributed by atoms with Gasteiger partial charge in [-0.05, 0) is 57.2 Å². The summed E-state index contributed by atoms with van der Waals surface area (Å²) in [7, 11) is 3.81. The van der Waals surface area contributed by atoms with Crippen LogP contribution in [0.25, 0.3) is 0 Å². The Kier molecular flexibility index (Phi) is 7.42. The first-order valence-corrected chi connectivity index (χ1v) is 11.0. The van der Waals surface area contributed by atoms with Crippen molar-refractivity contribution in [2.75, 3.05) is 26.8 Å². The number of aryl methyl sites for hydroxylation is 2. The molecule has 1 aliphatic rings. The zero-order chi connectivity index (χ0) is 21.7. The Morgan fingerprint density at radius 1 is 1.30 bits per heavy atom. The van der Waals surface area contributed by atoms with Crippen LogP contribution in [0.1, 0.15) is 42.3 Å². The van der Waals surface area contributed by atoms with Gasteiger partial charge in [0.2, 0.25) is 0 Å². The summed E-state index contributed by atoms with van der Waals surface area (Å²) in [6, 6.07) is 8.39. The molecule has 0 saturated carbocycles. The Hall–Kier alpha value is -2.05. The standard InChI is InChI=1S/C23H34ClN5O/c1-16(14-19-17(2)28-29(5)18(19)3)27-22(25-4)26-15-23(10-12-30-13-11-23)20-8-6-7-9-21(20)24/h6-9,16H,10-15H2,1-5H3,(H2,25,26,27). The van der Waals surface area contributed by atoms with Crippen LogP contribution in [0.2, 0.25) is 5.02 Å². The van der Waals surface area contributed by atoms with Crippen molar-refractivity contribution in [3.8, 4) is 0 Å². The molecule has 0 amide bonds. The quantitative estimate of drug-likeness (QED) is 0.542. The van der Waals surface area contributed by atoms with E-state index in [1.54, 1.807) is 0 Å². The lowest BCUT2D eigenvalue weighted by Crippen LogP contribution is -2.50. The average molecular weight is 432 g/mol. The van der Waals surface area contributed by atoms with Crippen LogP contribution in [0.5, 0.6) is 0 Å². The highest BCUT2D eigenvalue weighted by atomic mass is 35.5. The van der Waals surface area contributed by atoms with E-state index in [2.05, 4.69) is 53.6 Å². The van der Waals surface area contributed by atoms with Crippen LogP contribution in [0, 0.1) is 13.8 Å². The van der Waals surface area contributed by atoms with Crippen LogP contribution in [-0.4, -0.2) is 48.6 Å². The SMILES string of the molecule is CN=C(NCC1(c2ccccc2Cl)CCOCC1)NC(C)Cc1c(C)nn(C)c1C. The van der Waals surface area contributed by atoms with Crippen molar-refractivity contribution >= 4 is 17.6 Å². The van der Waals surface area contributed by atoms with Gasteiger partial charge in [-0.25, -0.2) is 0 Å². The van der Waals surface area contributed by atoms with Gasteiger partial charge in [0.1, 0.15) is 0 Å². The first-order chi connectivity index (χ1) is 14.4. The van der Waals surface area contributed by atoms with Crippen molar-refractivity contribution in [1.82, 2.24) is 20.4 Å². The molecule has 0 aliphatic carbocycles. The fourth-order valence-corrected chi connectivity index (χ4v) is 4.68. The van der Waals surface area contributed by atoms with E-state index in [-0.39, 0.29) is 11.5 Å². The predicted molar refractivity (Wildman–Crippen MR) is 124 cm³/mol. The normalized spacial score (nSPS) is 17.6. The van der Waals surface area contributed by atoms with Crippen LogP contribution < -0.4 is 10.6 Å². The van der Waals surface area contributed by atoms with E-state index in [1.165, 1.54) is 16.8 Å². The number of hydrogen-bond acceptors (Lipinski definition) is 3. The number of aromatic nitrogens is 2. The summed E-state index contributed by atoms with van der Waals surface area (Å²) in [4.78, 5) is 4.46. The third kappa shape index (κ3) is 4.98. The highest BCUT2D eigenvalue weighted by Crippen LogP contribution is 2.38. The van der Waals surface area contributed by atoms with Crippen LogP contribution in [0.4, 0.5) is 0 Å². The van der Waals surface area contributed by atoms with Gasteiger partial charge in [0.25, 0.3) is 0 Å². The summed E-state index contributed by atoms with van der Waals surface area (Å²) in [6.07, 6.45) is 2.77. The van der Waals surface area contributed by atoms with E-state index in [4.69, 9.17) is 16.3 Å². The van der Waals surface area contributed by atoms with Crippen LogP contribution >= 0.6 is 11.6 Å². The summed E-state index contributed by atoms with van der Waals surface area (Å²) in [6.45, 7) is 8.62. The third-order valence-electron chi connectivity index (χ3n) is 6.27. The molecule has 0 bridgehead atoms. The molecule has 1 fully saturated rings. The van der Waals surface area contributed by atoms with Crippen molar-refractivity contribution in [1.29, 1.82) is 0 Å². The predicted octanol–water partition coefficient (Wildman–Crippen LogP) is 3.53. The third-order valence-corrected chi connectivity index (χ3v) is 6.59. The van der Waals surface area contributed by atoms with Gasteiger partial charge in [0.15, 0.2) is 5.96 Å². The molecular formula is C23H34ClN5O. The fourth-order valence-electron chi connectivity index (χ4n) is 4.35. The monoisotopic (exact) mass is 431 g/mol. The molecular weight excluding hydrogens is 398 g/mol. The van der Waals surface area contributed by atoms with E-state index in [0.717, 1.165) is 55.7 Å². The van der Waals surface area contributed by atoms with Crippen LogP contribution in [-0.2, 0) is 23.6 Å². The minimum Gasteiger partial charge on any atom is -0.381 e. The molecule has 0 spiro atoms. The molecule has 3 rings (SSSR count). The highest BCUT2D eigenvalue weighted by Gasteiger charge is 2.36. The molecule has 2 aromatic rings. The molecule has 0 radical (unpaired) electrons. The molecule has 6 nitrogen and oxygen atoms in total. The van der Waals surface area contributed by atoms with Crippen molar-refractivity contribution in [2.45, 2.75) is 51.5 Å². The van der Waals surface area contributed by atoms with Gasteiger partial charge in [-0.1, -0.05) is 29.8 Å². The molecule has 2 N–H and O–H groups in total. The molecule has 7 heteroatoms. The molecule has 2 heterocycles. The molecule has 1 unspecified atom stereocenters. The maximum absolute atomic E-state index is 6.58. The summed E-state index contributed by atoms with van der Waals surface area (Å²) in [5.41, 5.74) is 4.72. The maximum Gasteiger partial charge on any atom is 0.191 e. The Morgan fingerprint density at radius 2 is 2.00 bits per heavy atom. The summed E-state index contributed by atoms with van der Waals surface area (Å²) < 4.78 is 7.60. The lowest BCUT2D eigenvalue weighted by atomic mass is 9.74. The molecule has 164 valence electrons. The van der Waals surface area contributed by atoms with Crippen molar-refractivity contribution < 1.29 is 4.74 Å². The Labute approximate surface area is 185 Å².